The van der Waals surface area contributed by atoms with Crippen LogP contribution in [-0.2, 0) is 16.1 Å². The van der Waals surface area contributed by atoms with E-state index < -0.39 is 6.04 Å². The molecule has 2 atom stereocenters. The van der Waals surface area contributed by atoms with Crippen molar-refractivity contribution in [3.05, 3.63) is 62.0 Å². The molecule has 0 saturated heterocycles. The fourth-order valence-electron chi connectivity index (χ4n) is 3.41. The summed E-state index contributed by atoms with van der Waals surface area (Å²) in [4.78, 5) is 27.9. The first-order valence-electron chi connectivity index (χ1n) is 11.5. The number of carbonyl (C=O) groups excluding carboxylic acids is 2. The Morgan fingerprint density at radius 1 is 1.03 bits per heavy atom. The van der Waals surface area contributed by atoms with Gasteiger partial charge in [0.05, 0.1) is 14.5 Å². The van der Waals surface area contributed by atoms with E-state index in [1.54, 1.807) is 23.1 Å². The third kappa shape index (κ3) is 7.89. The molecule has 5 nitrogen and oxygen atoms in total. The molecule has 0 fully saturated rings. The summed E-state index contributed by atoms with van der Waals surface area (Å²) in [6.45, 7) is 10.1. The maximum atomic E-state index is 13.4. The first-order valence-corrected chi connectivity index (χ1v) is 13.1. The highest BCUT2D eigenvalue weighted by Gasteiger charge is 2.29. The summed E-state index contributed by atoms with van der Waals surface area (Å²) in [6.07, 6.45) is 1.26. The number of halogens is 3. The maximum absolute atomic E-state index is 13.4. The molecule has 0 unspecified atom stereocenters. The number of carbonyl (C=O) groups is 2. The summed E-state index contributed by atoms with van der Waals surface area (Å²) < 4.78 is 6.64. The van der Waals surface area contributed by atoms with Crippen LogP contribution in [0.25, 0.3) is 0 Å². The Bertz CT molecular complexity index is 1000. The minimum Gasteiger partial charge on any atom is -0.483 e. The third-order valence-corrected chi connectivity index (χ3v) is 7.06. The van der Waals surface area contributed by atoms with Gasteiger partial charge in [0.25, 0.3) is 5.91 Å². The van der Waals surface area contributed by atoms with Crippen LogP contribution in [0.3, 0.4) is 0 Å². The van der Waals surface area contributed by atoms with Crippen molar-refractivity contribution in [3.8, 4) is 5.75 Å². The average Bonchev–Trinajstić information content (AvgIpc) is 2.79. The molecule has 0 bridgehead atoms. The number of nitrogens with one attached hydrogen (secondary N) is 1. The Balaban J connectivity index is 2.26. The van der Waals surface area contributed by atoms with Crippen LogP contribution in [0, 0.1) is 0 Å². The lowest BCUT2D eigenvalue weighted by Crippen LogP contribution is -2.51. The fraction of sp³-hybridized carbons (Fsp3) is 0.462. The van der Waals surface area contributed by atoms with E-state index >= 15 is 0 Å². The number of rotatable bonds is 11. The zero-order valence-corrected chi connectivity index (χ0v) is 23.4. The molecule has 2 amide bonds. The average molecular weight is 572 g/mol. The number of nitrogens with zero attached hydrogens (tertiary/aromatic N) is 1. The van der Waals surface area contributed by atoms with E-state index in [4.69, 9.17) is 27.9 Å². The Morgan fingerprint density at radius 2 is 1.74 bits per heavy atom. The molecule has 34 heavy (non-hydrogen) atoms. The van der Waals surface area contributed by atoms with Crippen LogP contribution in [0.4, 0.5) is 0 Å². The minimum atomic E-state index is -0.647. The molecule has 0 aliphatic heterocycles. The molecule has 0 aliphatic carbocycles. The van der Waals surface area contributed by atoms with Crippen molar-refractivity contribution in [1.29, 1.82) is 0 Å². The molecular weight excluding hydrogens is 539 g/mol. The second kappa shape index (κ2) is 13.4. The normalized spacial score (nSPS) is 12.9. The summed E-state index contributed by atoms with van der Waals surface area (Å²) in [5, 5.41) is 3.82. The lowest BCUT2D eigenvalue weighted by Gasteiger charge is -2.31. The van der Waals surface area contributed by atoms with Crippen molar-refractivity contribution in [2.45, 2.75) is 72.0 Å². The molecule has 2 aromatic rings. The quantitative estimate of drug-likeness (QED) is 0.316. The molecule has 0 saturated carbocycles. The highest BCUT2D eigenvalue weighted by molar-refractivity contribution is 9.10. The van der Waals surface area contributed by atoms with Crippen LogP contribution >= 0.6 is 39.1 Å². The van der Waals surface area contributed by atoms with Crippen molar-refractivity contribution >= 4 is 50.9 Å². The highest BCUT2D eigenvalue weighted by atomic mass is 79.9. The maximum Gasteiger partial charge on any atom is 0.261 e. The van der Waals surface area contributed by atoms with Gasteiger partial charge in [-0.3, -0.25) is 9.59 Å². The summed E-state index contributed by atoms with van der Waals surface area (Å²) >= 11 is 15.8. The zero-order valence-electron chi connectivity index (χ0n) is 20.3. The molecular formula is C26H33BrCl2N2O3. The first kappa shape index (κ1) is 28.5. The summed E-state index contributed by atoms with van der Waals surface area (Å²) in [5.41, 5.74) is 1.94. The Labute approximate surface area is 221 Å². The van der Waals surface area contributed by atoms with E-state index in [1.807, 2.05) is 39.0 Å². The molecule has 0 heterocycles. The molecule has 1 N–H and O–H groups in total. The summed E-state index contributed by atoms with van der Waals surface area (Å²) in [6, 6.07) is 10.4. The minimum absolute atomic E-state index is 0.00940. The van der Waals surface area contributed by atoms with E-state index in [0.29, 0.717) is 28.1 Å². The number of benzene rings is 2. The third-order valence-electron chi connectivity index (χ3n) is 5.70. The Kier molecular flexibility index (Phi) is 11.2. The lowest BCUT2D eigenvalue weighted by molar-refractivity contribution is -0.143. The molecule has 8 heteroatoms. The number of hydrogen-bond acceptors (Lipinski definition) is 3. The number of ether oxygens (including phenoxy) is 1. The predicted molar refractivity (Wildman–Crippen MR) is 143 cm³/mol. The number of hydrogen-bond donors (Lipinski definition) is 1. The fourth-order valence-corrected chi connectivity index (χ4v) is 4.24. The zero-order chi connectivity index (χ0) is 25.4. The molecule has 2 aromatic carbocycles. The monoisotopic (exact) mass is 570 g/mol. The smallest absolute Gasteiger partial charge is 0.261 e. The van der Waals surface area contributed by atoms with Crippen LogP contribution in [0.2, 0.25) is 10.0 Å². The van der Waals surface area contributed by atoms with Gasteiger partial charge in [0, 0.05) is 12.6 Å². The molecule has 0 aliphatic rings. The van der Waals surface area contributed by atoms with E-state index in [9.17, 15) is 9.59 Å². The van der Waals surface area contributed by atoms with Crippen LogP contribution in [0.15, 0.2) is 40.9 Å². The largest absolute Gasteiger partial charge is 0.483 e. The van der Waals surface area contributed by atoms with E-state index in [-0.39, 0.29) is 31.0 Å². The van der Waals surface area contributed by atoms with Gasteiger partial charge in [0.1, 0.15) is 11.8 Å². The van der Waals surface area contributed by atoms with E-state index in [0.717, 1.165) is 16.5 Å². The van der Waals surface area contributed by atoms with Crippen molar-refractivity contribution in [1.82, 2.24) is 10.2 Å². The predicted octanol–water partition coefficient (Wildman–Crippen LogP) is 6.98. The van der Waals surface area contributed by atoms with E-state index in [1.165, 1.54) is 5.56 Å². The molecule has 186 valence electrons. The molecule has 2 rings (SSSR count). The van der Waals surface area contributed by atoms with Crippen molar-refractivity contribution < 1.29 is 14.3 Å². The highest BCUT2D eigenvalue weighted by Crippen LogP contribution is 2.29. The second-order valence-corrected chi connectivity index (χ2v) is 10.3. The van der Waals surface area contributed by atoms with Crippen LogP contribution in [0.1, 0.15) is 64.5 Å². The SMILES string of the molecule is CC[C@H](C(=O)N[C@@H](C)CC)N(Cc1ccc(Cl)c(Cl)c1)C(=O)COc1ccc(C(C)C)cc1Br. The Hall–Kier alpha value is -1.76. The second-order valence-electron chi connectivity index (χ2n) is 8.65. The lowest BCUT2D eigenvalue weighted by atomic mass is 10.0. The van der Waals surface area contributed by atoms with Gasteiger partial charge in [0.2, 0.25) is 5.91 Å². The van der Waals surface area contributed by atoms with Gasteiger partial charge in [-0.2, -0.15) is 0 Å². The van der Waals surface area contributed by atoms with Gasteiger partial charge in [0.15, 0.2) is 6.61 Å². The molecule has 0 aromatic heterocycles. The molecule has 0 spiro atoms. The van der Waals surface area contributed by atoms with Crippen LogP contribution < -0.4 is 10.1 Å². The van der Waals surface area contributed by atoms with Gasteiger partial charge in [-0.05, 0) is 77.0 Å². The van der Waals surface area contributed by atoms with Gasteiger partial charge in [-0.1, -0.05) is 63.0 Å². The van der Waals surface area contributed by atoms with Gasteiger partial charge >= 0.3 is 0 Å². The summed E-state index contributed by atoms with van der Waals surface area (Å²) in [5.74, 6) is 0.470. The summed E-state index contributed by atoms with van der Waals surface area (Å²) in [7, 11) is 0. The Morgan fingerprint density at radius 3 is 2.29 bits per heavy atom. The first-order chi connectivity index (χ1) is 16.1. The van der Waals surface area contributed by atoms with Crippen LogP contribution in [0.5, 0.6) is 5.75 Å². The van der Waals surface area contributed by atoms with Gasteiger partial charge in [-0.15, -0.1) is 0 Å². The van der Waals surface area contributed by atoms with E-state index in [2.05, 4.69) is 35.1 Å². The van der Waals surface area contributed by atoms with Gasteiger partial charge < -0.3 is 15.0 Å². The van der Waals surface area contributed by atoms with Crippen molar-refractivity contribution in [2.24, 2.45) is 0 Å². The topological polar surface area (TPSA) is 58.6 Å². The molecule has 0 radical (unpaired) electrons. The van der Waals surface area contributed by atoms with Gasteiger partial charge in [-0.25, -0.2) is 0 Å². The van der Waals surface area contributed by atoms with Crippen molar-refractivity contribution in [3.63, 3.8) is 0 Å². The standard InChI is InChI=1S/C26H33BrCl2N2O3/c1-6-17(5)30-26(33)23(7-2)31(14-18-8-10-21(28)22(29)12-18)25(32)15-34-24-11-9-19(16(3)4)13-20(24)27/h8-13,16-17,23H,6-7,14-15H2,1-5H3,(H,30,33)/t17-,23+/m0/s1. The van der Waals surface area contributed by atoms with Crippen LogP contribution in [-0.4, -0.2) is 35.4 Å². The number of amides is 2. The van der Waals surface area contributed by atoms with Crippen molar-refractivity contribution in [2.75, 3.05) is 6.61 Å².